The SMILES string of the molecule is COc1ccc(C2(CNC(=O)C(=O)NCc3ccccc3)CCCC2)cc1. The highest BCUT2D eigenvalue weighted by atomic mass is 16.5. The Hall–Kier alpha value is -2.82. The normalized spacial score (nSPS) is 15.1. The maximum Gasteiger partial charge on any atom is 0.309 e. The first-order chi connectivity index (χ1) is 13.1. The summed E-state index contributed by atoms with van der Waals surface area (Å²) >= 11 is 0. The van der Waals surface area contributed by atoms with Crippen LogP contribution in [0.5, 0.6) is 5.75 Å². The van der Waals surface area contributed by atoms with Crippen molar-refractivity contribution in [1.29, 1.82) is 0 Å². The van der Waals surface area contributed by atoms with Crippen LogP contribution in [0.15, 0.2) is 54.6 Å². The van der Waals surface area contributed by atoms with E-state index in [1.807, 2.05) is 42.5 Å². The molecule has 5 heteroatoms. The van der Waals surface area contributed by atoms with Gasteiger partial charge in [-0.15, -0.1) is 0 Å². The average Bonchev–Trinajstić information content (AvgIpc) is 3.21. The molecule has 1 aliphatic carbocycles. The lowest BCUT2D eigenvalue weighted by molar-refractivity contribution is -0.139. The van der Waals surface area contributed by atoms with Gasteiger partial charge in [-0.3, -0.25) is 9.59 Å². The van der Waals surface area contributed by atoms with E-state index in [2.05, 4.69) is 22.8 Å². The number of hydrogen-bond donors (Lipinski definition) is 2. The van der Waals surface area contributed by atoms with Gasteiger partial charge < -0.3 is 15.4 Å². The fourth-order valence-corrected chi connectivity index (χ4v) is 3.75. The summed E-state index contributed by atoms with van der Waals surface area (Å²) in [7, 11) is 1.65. The summed E-state index contributed by atoms with van der Waals surface area (Å²) in [5, 5.41) is 5.52. The second-order valence-corrected chi connectivity index (χ2v) is 7.07. The van der Waals surface area contributed by atoms with Crippen molar-refractivity contribution in [3.8, 4) is 5.75 Å². The highest BCUT2D eigenvalue weighted by Crippen LogP contribution is 2.41. The molecule has 0 bridgehead atoms. The van der Waals surface area contributed by atoms with Gasteiger partial charge >= 0.3 is 11.8 Å². The van der Waals surface area contributed by atoms with E-state index < -0.39 is 11.8 Å². The van der Waals surface area contributed by atoms with Gasteiger partial charge in [0.15, 0.2) is 0 Å². The zero-order valence-electron chi connectivity index (χ0n) is 15.7. The second-order valence-electron chi connectivity index (χ2n) is 7.07. The molecule has 0 saturated heterocycles. The summed E-state index contributed by atoms with van der Waals surface area (Å²) in [5.74, 6) is -0.358. The zero-order chi connectivity index (χ0) is 19.1. The van der Waals surface area contributed by atoms with Crippen LogP contribution in [0.3, 0.4) is 0 Å². The standard InChI is InChI=1S/C22H26N2O3/c1-27-19-11-9-18(10-12-19)22(13-5-6-14-22)16-24-21(26)20(25)23-15-17-7-3-2-4-8-17/h2-4,7-12H,5-6,13-16H2,1H3,(H,23,25)(H,24,26). The fourth-order valence-electron chi connectivity index (χ4n) is 3.75. The summed E-state index contributed by atoms with van der Waals surface area (Å²) in [4.78, 5) is 24.4. The molecule has 1 fully saturated rings. The predicted molar refractivity (Wildman–Crippen MR) is 104 cm³/mol. The lowest BCUT2D eigenvalue weighted by Gasteiger charge is -2.30. The van der Waals surface area contributed by atoms with Crippen molar-refractivity contribution in [2.24, 2.45) is 0 Å². The van der Waals surface area contributed by atoms with Gasteiger partial charge in [-0.1, -0.05) is 55.3 Å². The molecular weight excluding hydrogens is 340 g/mol. The van der Waals surface area contributed by atoms with Gasteiger partial charge in [0, 0.05) is 18.5 Å². The molecule has 3 rings (SSSR count). The third-order valence-electron chi connectivity index (χ3n) is 5.35. The van der Waals surface area contributed by atoms with Crippen molar-refractivity contribution in [3.05, 3.63) is 65.7 Å². The number of amides is 2. The largest absolute Gasteiger partial charge is 0.497 e. The molecule has 27 heavy (non-hydrogen) atoms. The molecule has 0 aliphatic heterocycles. The van der Waals surface area contributed by atoms with Crippen molar-refractivity contribution in [3.63, 3.8) is 0 Å². The highest BCUT2D eigenvalue weighted by molar-refractivity contribution is 6.35. The third-order valence-corrected chi connectivity index (χ3v) is 5.35. The van der Waals surface area contributed by atoms with Crippen LogP contribution in [-0.4, -0.2) is 25.5 Å². The van der Waals surface area contributed by atoms with Gasteiger partial charge in [0.2, 0.25) is 0 Å². The van der Waals surface area contributed by atoms with Crippen molar-refractivity contribution in [1.82, 2.24) is 10.6 Å². The van der Waals surface area contributed by atoms with Crippen LogP contribution >= 0.6 is 0 Å². The Bertz CT molecular complexity index is 766. The topological polar surface area (TPSA) is 67.4 Å². The lowest BCUT2D eigenvalue weighted by atomic mass is 9.78. The van der Waals surface area contributed by atoms with E-state index in [-0.39, 0.29) is 5.41 Å². The van der Waals surface area contributed by atoms with Crippen LogP contribution in [0.25, 0.3) is 0 Å². The minimum absolute atomic E-state index is 0.109. The van der Waals surface area contributed by atoms with Crippen LogP contribution in [0, 0.1) is 0 Å². The molecule has 5 nitrogen and oxygen atoms in total. The minimum atomic E-state index is -0.596. The van der Waals surface area contributed by atoms with Crippen LogP contribution in [-0.2, 0) is 21.5 Å². The molecule has 2 N–H and O–H groups in total. The van der Waals surface area contributed by atoms with Gasteiger partial charge in [-0.05, 0) is 36.1 Å². The molecule has 2 aromatic carbocycles. The molecular formula is C22H26N2O3. The minimum Gasteiger partial charge on any atom is -0.497 e. The monoisotopic (exact) mass is 366 g/mol. The number of hydrogen-bond acceptors (Lipinski definition) is 3. The molecule has 2 amide bonds. The molecule has 1 aliphatic rings. The van der Waals surface area contributed by atoms with Gasteiger partial charge in [0.1, 0.15) is 5.75 Å². The summed E-state index contributed by atoms with van der Waals surface area (Å²) in [5.41, 5.74) is 2.04. The van der Waals surface area contributed by atoms with Crippen molar-refractivity contribution in [2.75, 3.05) is 13.7 Å². The maximum absolute atomic E-state index is 12.3. The molecule has 0 aromatic heterocycles. The number of nitrogens with one attached hydrogen (secondary N) is 2. The van der Waals surface area contributed by atoms with Gasteiger partial charge in [0.25, 0.3) is 0 Å². The molecule has 0 atom stereocenters. The van der Waals surface area contributed by atoms with E-state index in [1.54, 1.807) is 7.11 Å². The number of benzene rings is 2. The Morgan fingerprint density at radius 1 is 0.926 bits per heavy atom. The van der Waals surface area contributed by atoms with Crippen molar-refractivity contribution < 1.29 is 14.3 Å². The Balaban J connectivity index is 1.58. The van der Waals surface area contributed by atoms with Gasteiger partial charge in [0.05, 0.1) is 7.11 Å². The van der Waals surface area contributed by atoms with E-state index in [9.17, 15) is 9.59 Å². The van der Waals surface area contributed by atoms with Crippen LogP contribution in [0.2, 0.25) is 0 Å². The summed E-state index contributed by atoms with van der Waals surface area (Å²) < 4.78 is 5.24. The summed E-state index contributed by atoms with van der Waals surface area (Å²) in [6.07, 6.45) is 4.26. The molecule has 0 radical (unpaired) electrons. The number of methoxy groups -OCH3 is 1. The number of rotatable bonds is 6. The van der Waals surface area contributed by atoms with Crippen molar-refractivity contribution in [2.45, 2.75) is 37.6 Å². The lowest BCUT2D eigenvalue weighted by Crippen LogP contribution is -2.45. The summed E-state index contributed by atoms with van der Waals surface area (Å²) in [6.45, 7) is 0.813. The van der Waals surface area contributed by atoms with E-state index in [1.165, 1.54) is 5.56 Å². The van der Waals surface area contributed by atoms with Crippen LogP contribution < -0.4 is 15.4 Å². The Labute approximate surface area is 160 Å². The molecule has 1 saturated carbocycles. The van der Waals surface area contributed by atoms with Gasteiger partial charge in [-0.25, -0.2) is 0 Å². The number of carbonyl (C=O) groups is 2. The number of carbonyl (C=O) groups excluding carboxylic acids is 2. The van der Waals surface area contributed by atoms with Crippen LogP contribution in [0.1, 0.15) is 36.8 Å². The van der Waals surface area contributed by atoms with Gasteiger partial charge in [-0.2, -0.15) is 0 Å². The maximum atomic E-state index is 12.3. The molecule has 142 valence electrons. The Morgan fingerprint density at radius 2 is 1.56 bits per heavy atom. The first-order valence-electron chi connectivity index (χ1n) is 9.37. The van der Waals surface area contributed by atoms with E-state index in [0.29, 0.717) is 13.1 Å². The van der Waals surface area contributed by atoms with E-state index >= 15 is 0 Å². The average molecular weight is 366 g/mol. The Morgan fingerprint density at radius 3 is 2.19 bits per heavy atom. The third kappa shape index (κ3) is 4.67. The van der Waals surface area contributed by atoms with E-state index in [4.69, 9.17) is 4.74 Å². The zero-order valence-corrected chi connectivity index (χ0v) is 15.7. The molecule has 0 heterocycles. The first kappa shape index (κ1) is 19.0. The first-order valence-corrected chi connectivity index (χ1v) is 9.37. The van der Waals surface area contributed by atoms with Crippen LogP contribution in [0.4, 0.5) is 0 Å². The van der Waals surface area contributed by atoms with Crippen molar-refractivity contribution >= 4 is 11.8 Å². The molecule has 0 spiro atoms. The quantitative estimate of drug-likeness (QED) is 0.773. The molecule has 0 unspecified atom stereocenters. The van der Waals surface area contributed by atoms with E-state index in [0.717, 1.165) is 37.0 Å². The highest BCUT2D eigenvalue weighted by Gasteiger charge is 2.36. The predicted octanol–water partition coefficient (Wildman–Crippen LogP) is 2.94. The second kappa shape index (κ2) is 8.71. The fraction of sp³-hybridized carbons (Fsp3) is 0.364. The molecule has 2 aromatic rings. The summed E-state index contributed by atoms with van der Waals surface area (Å²) in [6, 6.07) is 17.6. The number of ether oxygens (including phenoxy) is 1. The Kier molecular flexibility index (Phi) is 6.12. The smallest absolute Gasteiger partial charge is 0.309 e.